The number of allylic oxidation sites excluding steroid dienone is 4. The standard InChI is InChI=1S/C50H94N4O5/c1-3-5-7-9-11-13-15-17-19-21-23-25-27-29-31-33-35-45-59-50(57)47(53-48(55)46-54-42-40-51-38-39-52-41-43-54)36-37-49(56)58-44-34-32-30-28-26-24-22-20-18-16-14-12-10-8-6-4-2/h18-21,47,51-52H,3-17,22-46H2,1-2H3,(H,53,55)/b20-18-,21-19-. The van der Waals surface area contributed by atoms with Crippen LogP contribution >= 0.6 is 0 Å². The lowest BCUT2D eigenvalue weighted by Gasteiger charge is -2.23. The minimum Gasteiger partial charge on any atom is -0.466 e. The summed E-state index contributed by atoms with van der Waals surface area (Å²) in [6.07, 6.45) is 45.5. The Morgan fingerprint density at radius 3 is 1.36 bits per heavy atom. The lowest BCUT2D eigenvalue weighted by atomic mass is 10.1. The van der Waals surface area contributed by atoms with Crippen LogP contribution in [0.1, 0.15) is 213 Å². The Bertz CT molecular complexity index is 1010. The van der Waals surface area contributed by atoms with Gasteiger partial charge < -0.3 is 25.4 Å². The third-order valence-corrected chi connectivity index (χ3v) is 11.4. The number of nitrogens with zero attached hydrogens (tertiary/aromatic N) is 1. The van der Waals surface area contributed by atoms with E-state index in [-0.39, 0.29) is 31.3 Å². The van der Waals surface area contributed by atoms with Gasteiger partial charge in [-0.1, -0.05) is 160 Å². The second kappa shape index (κ2) is 43.8. The van der Waals surface area contributed by atoms with E-state index in [4.69, 9.17) is 9.47 Å². The van der Waals surface area contributed by atoms with E-state index >= 15 is 0 Å². The Labute approximate surface area is 363 Å². The van der Waals surface area contributed by atoms with Crippen molar-refractivity contribution in [3.05, 3.63) is 24.3 Å². The van der Waals surface area contributed by atoms with E-state index in [2.05, 4.69) is 59.0 Å². The van der Waals surface area contributed by atoms with Gasteiger partial charge in [-0.05, 0) is 70.6 Å². The van der Waals surface area contributed by atoms with Crippen LogP contribution in [0.15, 0.2) is 24.3 Å². The average molecular weight is 831 g/mol. The molecule has 59 heavy (non-hydrogen) atoms. The number of hydrogen-bond donors (Lipinski definition) is 3. The summed E-state index contributed by atoms with van der Waals surface area (Å²) in [4.78, 5) is 41.0. The zero-order valence-corrected chi connectivity index (χ0v) is 38.7. The van der Waals surface area contributed by atoms with Crippen LogP contribution in [0.3, 0.4) is 0 Å². The first-order chi connectivity index (χ1) is 29.1. The molecule has 3 N–H and O–H groups in total. The second-order valence-corrected chi connectivity index (χ2v) is 17.1. The van der Waals surface area contributed by atoms with Crippen molar-refractivity contribution in [1.29, 1.82) is 0 Å². The molecular weight excluding hydrogens is 737 g/mol. The van der Waals surface area contributed by atoms with Crippen molar-refractivity contribution in [2.75, 3.05) is 59.0 Å². The second-order valence-electron chi connectivity index (χ2n) is 17.1. The zero-order valence-electron chi connectivity index (χ0n) is 38.7. The summed E-state index contributed by atoms with van der Waals surface area (Å²) in [7, 11) is 0. The van der Waals surface area contributed by atoms with Crippen molar-refractivity contribution in [3.63, 3.8) is 0 Å². The number of hydrogen-bond acceptors (Lipinski definition) is 8. The molecule has 0 bridgehead atoms. The smallest absolute Gasteiger partial charge is 0.328 e. The number of rotatable bonds is 40. The number of esters is 2. The Hall–Kier alpha value is -2.23. The predicted molar refractivity (Wildman–Crippen MR) is 249 cm³/mol. The monoisotopic (exact) mass is 831 g/mol. The molecule has 1 aliphatic heterocycles. The number of unbranched alkanes of at least 4 members (excludes halogenated alkanes) is 25. The normalized spacial score (nSPS) is 14.6. The minimum absolute atomic E-state index is 0.0677. The predicted octanol–water partition coefficient (Wildman–Crippen LogP) is 11.3. The van der Waals surface area contributed by atoms with E-state index in [1.807, 2.05) is 0 Å². The molecule has 0 aromatic heterocycles. The van der Waals surface area contributed by atoms with E-state index in [1.54, 1.807) is 0 Å². The van der Waals surface area contributed by atoms with Crippen LogP contribution in [0.5, 0.6) is 0 Å². The molecule has 1 unspecified atom stereocenters. The zero-order chi connectivity index (χ0) is 42.5. The van der Waals surface area contributed by atoms with E-state index < -0.39 is 12.0 Å². The van der Waals surface area contributed by atoms with Gasteiger partial charge in [-0.3, -0.25) is 14.5 Å². The van der Waals surface area contributed by atoms with Crippen LogP contribution in [0.4, 0.5) is 0 Å². The third-order valence-electron chi connectivity index (χ3n) is 11.4. The van der Waals surface area contributed by atoms with Gasteiger partial charge in [0.1, 0.15) is 6.04 Å². The van der Waals surface area contributed by atoms with E-state index in [9.17, 15) is 14.4 Å². The molecule has 1 heterocycles. The minimum atomic E-state index is -0.868. The maximum atomic E-state index is 13.2. The Morgan fingerprint density at radius 2 is 0.915 bits per heavy atom. The molecule has 0 radical (unpaired) electrons. The van der Waals surface area contributed by atoms with Gasteiger partial charge in [0.25, 0.3) is 0 Å². The number of ether oxygens (including phenoxy) is 2. The highest BCUT2D eigenvalue weighted by Crippen LogP contribution is 2.13. The van der Waals surface area contributed by atoms with Crippen LogP contribution in [-0.2, 0) is 23.9 Å². The molecule has 0 aliphatic carbocycles. The number of amides is 1. The first kappa shape index (κ1) is 54.8. The maximum absolute atomic E-state index is 13.2. The Balaban J connectivity index is 2.27. The molecule has 1 fully saturated rings. The van der Waals surface area contributed by atoms with Crippen molar-refractivity contribution >= 4 is 17.8 Å². The first-order valence-electron chi connectivity index (χ1n) is 25.1. The Morgan fingerprint density at radius 1 is 0.525 bits per heavy atom. The summed E-state index contributed by atoms with van der Waals surface area (Å²) >= 11 is 0. The SMILES string of the molecule is CCCCCCCC/C=C\CCCCCCCCOC(=O)CCC(NC(=O)CN1CCNCCNCC1)C(=O)OCCCCCCCC/C=C\CCCCCCCCC. The summed E-state index contributed by atoms with van der Waals surface area (Å²) in [5.41, 5.74) is 0. The van der Waals surface area contributed by atoms with Gasteiger partial charge >= 0.3 is 11.9 Å². The number of nitrogens with one attached hydrogen (secondary N) is 3. The molecule has 1 atom stereocenters. The lowest BCUT2D eigenvalue weighted by Crippen LogP contribution is -2.48. The summed E-state index contributed by atoms with van der Waals surface area (Å²) in [6, 6.07) is -0.868. The molecule has 9 heteroatoms. The average Bonchev–Trinajstić information content (AvgIpc) is 3.36. The maximum Gasteiger partial charge on any atom is 0.328 e. The molecule has 0 aromatic rings. The molecular formula is C50H94N4O5. The van der Waals surface area contributed by atoms with Crippen molar-refractivity contribution in [3.8, 4) is 0 Å². The van der Waals surface area contributed by atoms with Crippen LogP contribution in [0, 0.1) is 0 Å². The van der Waals surface area contributed by atoms with Crippen LogP contribution < -0.4 is 16.0 Å². The number of carbonyl (C=O) groups is 3. The van der Waals surface area contributed by atoms with Gasteiger partial charge in [0, 0.05) is 45.7 Å². The van der Waals surface area contributed by atoms with Gasteiger partial charge in [-0.25, -0.2) is 4.79 Å². The van der Waals surface area contributed by atoms with Gasteiger partial charge in [-0.2, -0.15) is 0 Å². The fraction of sp³-hybridized carbons (Fsp3) is 0.860. The van der Waals surface area contributed by atoms with E-state index in [1.165, 1.54) is 141 Å². The molecule has 344 valence electrons. The number of carbonyl (C=O) groups excluding carboxylic acids is 3. The highest BCUT2D eigenvalue weighted by molar-refractivity contribution is 5.86. The molecule has 0 aromatic carbocycles. The lowest BCUT2D eigenvalue weighted by molar-refractivity contribution is -0.149. The summed E-state index contributed by atoms with van der Waals surface area (Å²) in [6.45, 7) is 10.4. The van der Waals surface area contributed by atoms with Crippen molar-refractivity contribution in [1.82, 2.24) is 20.9 Å². The topological polar surface area (TPSA) is 109 Å². The van der Waals surface area contributed by atoms with Gasteiger partial charge in [0.15, 0.2) is 0 Å². The largest absolute Gasteiger partial charge is 0.466 e. The summed E-state index contributed by atoms with van der Waals surface area (Å²) in [5, 5.41) is 9.64. The molecule has 1 amide bonds. The molecule has 1 saturated heterocycles. The molecule has 1 aliphatic rings. The van der Waals surface area contributed by atoms with Gasteiger partial charge in [0.2, 0.25) is 5.91 Å². The molecule has 1 rings (SSSR count). The van der Waals surface area contributed by atoms with Gasteiger partial charge in [0.05, 0.1) is 19.8 Å². The highest BCUT2D eigenvalue weighted by Gasteiger charge is 2.24. The van der Waals surface area contributed by atoms with Crippen molar-refractivity contribution in [2.24, 2.45) is 0 Å². The van der Waals surface area contributed by atoms with Crippen molar-refractivity contribution in [2.45, 2.75) is 219 Å². The fourth-order valence-corrected chi connectivity index (χ4v) is 7.53. The van der Waals surface area contributed by atoms with Crippen LogP contribution in [0.2, 0.25) is 0 Å². The third kappa shape index (κ3) is 38.4. The summed E-state index contributed by atoms with van der Waals surface area (Å²) in [5.74, 6) is -1.02. The van der Waals surface area contributed by atoms with Gasteiger partial charge in [-0.15, -0.1) is 0 Å². The molecule has 9 nitrogen and oxygen atoms in total. The quantitative estimate of drug-likeness (QED) is 0.0318. The van der Waals surface area contributed by atoms with E-state index in [0.717, 1.165) is 84.2 Å². The van der Waals surface area contributed by atoms with Crippen molar-refractivity contribution < 1.29 is 23.9 Å². The summed E-state index contributed by atoms with van der Waals surface area (Å²) < 4.78 is 11.2. The van der Waals surface area contributed by atoms with E-state index in [0.29, 0.717) is 13.2 Å². The highest BCUT2D eigenvalue weighted by atomic mass is 16.5. The molecule has 0 spiro atoms. The fourth-order valence-electron chi connectivity index (χ4n) is 7.53. The molecule has 0 saturated carbocycles. The first-order valence-corrected chi connectivity index (χ1v) is 25.1. The van der Waals surface area contributed by atoms with Crippen LogP contribution in [0.25, 0.3) is 0 Å². The van der Waals surface area contributed by atoms with Crippen LogP contribution in [-0.4, -0.2) is 87.8 Å². The Kier molecular flexibility index (Phi) is 40.7.